The van der Waals surface area contributed by atoms with Gasteiger partial charge < -0.3 is 4.98 Å². The molecule has 0 saturated carbocycles. The molecular weight excluding hydrogens is 252 g/mol. The third kappa shape index (κ3) is 1.64. The minimum Gasteiger partial charge on any atom is -0.311 e. The summed E-state index contributed by atoms with van der Waals surface area (Å²) in [6.07, 6.45) is 3.90. The van der Waals surface area contributed by atoms with Crippen LogP contribution in [0.4, 0.5) is 5.69 Å². The van der Waals surface area contributed by atoms with Crippen molar-refractivity contribution < 1.29 is 4.92 Å². The highest BCUT2D eigenvalue weighted by Crippen LogP contribution is 2.21. The van der Waals surface area contributed by atoms with E-state index in [1.54, 1.807) is 0 Å². The van der Waals surface area contributed by atoms with E-state index in [1.807, 2.05) is 0 Å². The summed E-state index contributed by atoms with van der Waals surface area (Å²) in [6, 6.07) is 2.78. The van der Waals surface area contributed by atoms with Gasteiger partial charge in [0.1, 0.15) is 6.33 Å². The monoisotopic (exact) mass is 258 g/mol. The highest BCUT2D eigenvalue weighted by molar-refractivity contribution is 5.72. The largest absolute Gasteiger partial charge is 0.312 e. The van der Waals surface area contributed by atoms with Crippen LogP contribution in [0.15, 0.2) is 35.8 Å². The van der Waals surface area contributed by atoms with Gasteiger partial charge in [0, 0.05) is 12.3 Å². The Morgan fingerprint density at radius 2 is 2.16 bits per heavy atom. The van der Waals surface area contributed by atoms with Gasteiger partial charge in [-0.25, -0.2) is 15.0 Å². The maximum absolute atomic E-state index is 11.5. The molecule has 0 aliphatic rings. The van der Waals surface area contributed by atoms with Crippen LogP contribution >= 0.6 is 0 Å². The molecule has 0 atom stereocenters. The molecule has 0 unspecified atom stereocenters. The van der Waals surface area contributed by atoms with E-state index in [0.717, 1.165) is 0 Å². The number of aromatic nitrogens is 5. The van der Waals surface area contributed by atoms with Crippen LogP contribution in [0.25, 0.3) is 17.0 Å². The minimum absolute atomic E-state index is 0.0631. The summed E-state index contributed by atoms with van der Waals surface area (Å²) in [5.41, 5.74) is -0.292. The molecular formula is C10H6N6O3. The highest BCUT2D eigenvalue weighted by Gasteiger charge is 2.19. The molecule has 0 fully saturated rings. The van der Waals surface area contributed by atoms with E-state index in [-0.39, 0.29) is 22.7 Å². The lowest BCUT2D eigenvalue weighted by Gasteiger charge is -2.02. The fraction of sp³-hybridized carbons (Fsp3) is 0. The van der Waals surface area contributed by atoms with Crippen molar-refractivity contribution >= 4 is 16.9 Å². The number of nitrogens with zero attached hydrogens (tertiary/aromatic N) is 5. The molecule has 3 aromatic heterocycles. The number of fused-ring (bicyclic) bond motifs is 1. The summed E-state index contributed by atoms with van der Waals surface area (Å²) in [6.45, 7) is 0. The van der Waals surface area contributed by atoms with Crippen molar-refractivity contribution in [3.8, 4) is 5.82 Å². The molecule has 3 heterocycles. The van der Waals surface area contributed by atoms with Crippen molar-refractivity contribution in [2.24, 2.45) is 0 Å². The second kappa shape index (κ2) is 3.98. The van der Waals surface area contributed by atoms with Crippen LogP contribution in [-0.4, -0.2) is 29.4 Å². The van der Waals surface area contributed by atoms with Crippen molar-refractivity contribution in [3.63, 3.8) is 0 Å². The number of nitro groups is 1. The standard InChI is InChI=1S/C10H6N6O3/c17-10-7-9(12-4-13-10)15(5-14-7)8-6(16(18)19)2-1-3-11-8/h1-5H,(H,12,13,17). The first-order chi connectivity index (χ1) is 9.18. The molecule has 0 radical (unpaired) electrons. The predicted molar refractivity (Wildman–Crippen MR) is 63.9 cm³/mol. The van der Waals surface area contributed by atoms with Crippen molar-refractivity contribution in [2.75, 3.05) is 0 Å². The summed E-state index contributed by atoms with van der Waals surface area (Å²) in [7, 11) is 0. The number of rotatable bonds is 2. The minimum atomic E-state index is -0.554. The van der Waals surface area contributed by atoms with Crippen LogP contribution in [0.2, 0.25) is 0 Å². The average molecular weight is 258 g/mol. The Morgan fingerprint density at radius 1 is 1.32 bits per heavy atom. The molecule has 9 heteroatoms. The van der Waals surface area contributed by atoms with Gasteiger partial charge in [0.15, 0.2) is 11.2 Å². The molecule has 0 aliphatic heterocycles. The zero-order chi connectivity index (χ0) is 13.4. The Bertz CT molecular complexity index is 836. The van der Waals surface area contributed by atoms with Gasteiger partial charge in [-0.05, 0) is 6.07 Å². The van der Waals surface area contributed by atoms with Crippen LogP contribution in [0.1, 0.15) is 0 Å². The summed E-state index contributed by atoms with van der Waals surface area (Å²) in [5.74, 6) is 0.0631. The maximum Gasteiger partial charge on any atom is 0.312 e. The fourth-order valence-corrected chi connectivity index (χ4v) is 1.72. The van der Waals surface area contributed by atoms with Gasteiger partial charge in [0.25, 0.3) is 5.56 Å². The zero-order valence-corrected chi connectivity index (χ0v) is 9.35. The van der Waals surface area contributed by atoms with E-state index in [2.05, 4.69) is 19.9 Å². The van der Waals surface area contributed by atoms with Crippen LogP contribution in [0.3, 0.4) is 0 Å². The molecule has 0 saturated heterocycles. The zero-order valence-electron chi connectivity index (χ0n) is 9.35. The van der Waals surface area contributed by atoms with Gasteiger partial charge in [-0.1, -0.05) is 0 Å². The summed E-state index contributed by atoms with van der Waals surface area (Å²) in [5, 5.41) is 11.0. The van der Waals surface area contributed by atoms with Crippen LogP contribution < -0.4 is 5.56 Å². The molecule has 0 aromatic carbocycles. The van der Waals surface area contributed by atoms with Crippen molar-refractivity contribution in [1.29, 1.82) is 0 Å². The molecule has 3 rings (SSSR count). The van der Waals surface area contributed by atoms with E-state index in [0.29, 0.717) is 0 Å². The number of hydrogen-bond donors (Lipinski definition) is 1. The summed E-state index contributed by atoms with van der Waals surface area (Å²) < 4.78 is 1.31. The molecule has 0 amide bonds. The number of pyridine rings is 1. The topological polar surface area (TPSA) is 120 Å². The van der Waals surface area contributed by atoms with Gasteiger partial charge in [-0.15, -0.1) is 0 Å². The summed E-state index contributed by atoms with van der Waals surface area (Å²) in [4.78, 5) is 36.1. The van der Waals surface area contributed by atoms with Crippen LogP contribution in [0, 0.1) is 10.1 Å². The van der Waals surface area contributed by atoms with Gasteiger partial charge in [-0.3, -0.25) is 19.5 Å². The third-order valence-electron chi connectivity index (χ3n) is 2.53. The second-order valence-corrected chi connectivity index (χ2v) is 3.62. The number of nitrogens with one attached hydrogen (secondary N) is 1. The highest BCUT2D eigenvalue weighted by atomic mass is 16.6. The van der Waals surface area contributed by atoms with Gasteiger partial charge in [0.2, 0.25) is 5.82 Å². The van der Waals surface area contributed by atoms with E-state index >= 15 is 0 Å². The Hall–Kier alpha value is -3.10. The molecule has 0 aliphatic carbocycles. The first-order valence-corrected chi connectivity index (χ1v) is 5.19. The Balaban J connectivity index is 2.35. The number of imidazole rings is 1. The third-order valence-corrected chi connectivity index (χ3v) is 2.53. The van der Waals surface area contributed by atoms with Crippen molar-refractivity contribution in [3.05, 3.63) is 51.5 Å². The lowest BCUT2D eigenvalue weighted by atomic mass is 10.4. The first kappa shape index (κ1) is 11.0. The SMILES string of the molecule is O=c1[nH]cnc2c1ncn2-c1ncccc1[N+](=O)[O-]. The second-order valence-electron chi connectivity index (χ2n) is 3.62. The Kier molecular flexibility index (Phi) is 2.31. The fourth-order valence-electron chi connectivity index (χ4n) is 1.72. The molecule has 3 aromatic rings. The molecule has 0 bridgehead atoms. The van der Waals surface area contributed by atoms with Gasteiger partial charge >= 0.3 is 5.69 Å². The van der Waals surface area contributed by atoms with Crippen molar-refractivity contribution in [1.82, 2.24) is 24.5 Å². The number of aromatic amines is 1. The Labute approximate surface area is 104 Å². The van der Waals surface area contributed by atoms with Gasteiger partial charge in [-0.2, -0.15) is 0 Å². The lowest BCUT2D eigenvalue weighted by Crippen LogP contribution is -2.08. The molecule has 1 N–H and O–H groups in total. The molecule has 9 nitrogen and oxygen atoms in total. The Morgan fingerprint density at radius 3 is 2.95 bits per heavy atom. The van der Waals surface area contributed by atoms with Gasteiger partial charge in [0.05, 0.1) is 11.3 Å². The summed E-state index contributed by atoms with van der Waals surface area (Å²) >= 11 is 0. The quantitative estimate of drug-likeness (QED) is 0.525. The van der Waals surface area contributed by atoms with Crippen molar-refractivity contribution in [2.45, 2.75) is 0 Å². The predicted octanol–water partition coefficient (Wildman–Crippen LogP) is 0.412. The van der Waals surface area contributed by atoms with E-state index < -0.39 is 10.5 Å². The normalized spacial score (nSPS) is 10.7. The first-order valence-electron chi connectivity index (χ1n) is 5.19. The molecule has 0 spiro atoms. The number of hydrogen-bond acceptors (Lipinski definition) is 6. The lowest BCUT2D eigenvalue weighted by molar-refractivity contribution is -0.384. The number of H-pyrrole nitrogens is 1. The van der Waals surface area contributed by atoms with E-state index in [4.69, 9.17) is 0 Å². The molecule has 94 valence electrons. The van der Waals surface area contributed by atoms with Crippen LogP contribution in [-0.2, 0) is 0 Å². The van der Waals surface area contributed by atoms with E-state index in [1.165, 1.54) is 35.6 Å². The smallest absolute Gasteiger partial charge is 0.311 e. The average Bonchev–Trinajstić information content (AvgIpc) is 2.84. The molecule has 19 heavy (non-hydrogen) atoms. The maximum atomic E-state index is 11.5. The van der Waals surface area contributed by atoms with Crippen LogP contribution in [0.5, 0.6) is 0 Å². The van der Waals surface area contributed by atoms with E-state index in [9.17, 15) is 14.9 Å².